The van der Waals surface area contributed by atoms with Crippen LogP contribution in [0.1, 0.15) is 4.88 Å². The first-order valence-corrected chi connectivity index (χ1v) is 8.51. The molecule has 2 aromatic heterocycles. The number of rotatable bonds is 3. The molecule has 0 N–H and O–H groups in total. The molecule has 2 rings (SSSR count). The fourth-order valence-electron chi connectivity index (χ4n) is 1.19. The van der Waals surface area contributed by atoms with Crippen molar-refractivity contribution in [1.29, 1.82) is 0 Å². The molecule has 16 heavy (non-hydrogen) atoms. The van der Waals surface area contributed by atoms with E-state index in [-0.39, 0.29) is 4.74 Å². The first-order valence-electron chi connectivity index (χ1n) is 4.31. The predicted octanol–water partition coefficient (Wildman–Crippen LogP) is 4.28. The maximum atomic E-state index is 11.3. The number of anilines is 1. The number of nitrogens with zero attached hydrogens (tertiary/aromatic N) is 1. The van der Waals surface area contributed by atoms with Crippen molar-refractivity contribution in [2.75, 3.05) is 11.9 Å². The van der Waals surface area contributed by atoms with E-state index in [1.807, 2.05) is 23.4 Å². The van der Waals surface area contributed by atoms with Gasteiger partial charge in [0.05, 0.1) is 6.54 Å². The van der Waals surface area contributed by atoms with Crippen LogP contribution in [0.3, 0.4) is 0 Å². The molecular formula is C9H7BrClNOS3. The molecule has 0 unspecified atom stereocenters. The molecule has 0 amide bonds. The van der Waals surface area contributed by atoms with Gasteiger partial charge in [0, 0.05) is 16.4 Å². The maximum absolute atomic E-state index is 11.3. The van der Waals surface area contributed by atoms with Crippen LogP contribution in [0.15, 0.2) is 20.7 Å². The quantitative estimate of drug-likeness (QED) is 0.765. The summed E-state index contributed by atoms with van der Waals surface area (Å²) in [6.45, 7) is 0.755. The minimum atomic E-state index is -0.0567. The molecule has 0 aliphatic carbocycles. The Bertz CT molecular complexity index is 547. The molecule has 0 aliphatic heterocycles. The standard InChI is InChI=1S/C9H7BrClNOS3/c1-12(4-6-5(10)2-3-14-6)8-7(11)9(13)16-15-8/h2-3H,4H2,1H3. The van der Waals surface area contributed by atoms with E-state index < -0.39 is 0 Å². The summed E-state index contributed by atoms with van der Waals surface area (Å²) < 4.78 is 1.04. The molecule has 0 aliphatic rings. The van der Waals surface area contributed by atoms with Crippen molar-refractivity contribution in [3.8, 4) is 0 Å². The molecule has 0 saturated heterocycles. The highest BCUT2D eigenvalue weighted by molar-refractivity contribution is 9.10. The Morgan fingerprint density at radius 3 is 2.75 bits per heavy atom. The summed E-state index contributed by atoms with van der Waals surface area (Å²) >= 11 is 11.1. The number of hydrogen-bond acceptors (Lipinski definition) is 5. The normalized spacial score (nSPS) is 10.7. The van der Waals surface area contributed by atoms with Gasteiger partial charge in [0.2, 0.25) is 0 Å². The van der Waals surface area contributed by atoms with Gasteiger partial charge in [-0.05, 0) is 37.7 Å². The summed E-state index contributed by atoms with van der Waals surface area (Å²) in [5, 5.41) is 3.22. The van der Waals surface area contributed by atoms with Gasteiger partial charge in [0.1, 0.15) is 10.0 Å². The second kappa shape index (κ2) is 5.18. The molecule has 0 atom stereocenters. The predicted molar refractivity (Wildman–Crippen MR) is 77.6 cm³/mol. The lowest BCUT2D eigenvalue weighted by atomic mass is 10.4. The van der Waals surface area contributed by atoms with Gasteiger partial charge >= 0.3 is 0 Å². The third kappa shape index (κ3) is 2.51. The molecule has 0 radical (unpaired) electrons. The lowest BCUT2D eigenvalue weighted by Gasteiger charge is -2.16. The van der Waals surface area contributed by atoms with Gasteiger partial charge in [-0.25, -0.2) is 0 Å². The van der Waals surface area contributed by atoms with Crippen LogP contribution >= 0.6 is 59.5 Å². The Labute approximate surface area is 118 Å². The molecule has 2 nitrogen and oxygen atoms in total. The Morgan fingerprint density at radius 2 is 2.25 bits per heavy atom. The van der Waals surface area contributed by atoms with Gasteiger partial charge in [0.15, 0.2) is 0 Å². The zero-order chi connectivity index (χ0) is 11.7. The summed E-state index contributed by atoms with van der Waals surface area (Å²) in [6.07, 6.45) is 0. The van der Waals surface area contributed by atoms with Crippen LogP contribution in [0.4, 0.5) is 5.00 Å². The minimum absolute atomic E-state index is 0.0567. The molecule has 0 aromatic carbocycles. The highest BCUT2D eigenvalue weighted by Gasteiger charge is 2.14. The Kier molecular flexibility index (Phi) is 4.07. The van der Waals surface area contributed by atoms with Crippen molar-refractivity contribution in [3.63, 3.8) is 0 Å². The van der Waals surface area contributed by atoms with Gasteiger partial charge in [-0.2, -0.15) is 0 Å². The van der Waals surface area contributed by atoms with Crippen LogP contribution in [-0.4, -0.2) is 7.05 Å². The molecule has 0 spiro atoms. The second-order valence-electron chi connectivity index (χ2n) is 3.12. The van der Waals surface area contributed by atoms with Crippen LogP contribution in [0.25, 0.3) is 0 Å². The Morgan fingerprint density at radius 1 is 1.50 bits per heavy atom. The third-order valence-electron chi connectivity index (χ3n) is 1.98. The van der Waals surface area contributed by atoms with E-state index in [2.05, 4.69) is 15.9 Å². The average molecular weight is 357 g/mol. The van der Waals surface area contributed by atoms with Gasteiger partial charge in [-0.15, -0.1) is 11.3 Å². The van der Waals surface area contributed by atoms with E-state index in [1.54, 1.807) is 11.3 Å². The fourth-order valence-corrected chi connectivity index (χ4v) is 5.47. The summed E-state index contributed by atoms with van der Waals surface area (Å²) in [7, 11) is 4.55. The van der Waals surface area contributed by atoms with Gasteiger partial charge in [-0.3, -0.25) is 4.79 Å². The average Bonchev–Trinajstić information content (AvgIpc) is 2.77. The van der Waals surface area contributed by atoms with Crippen molar-refractivity contribution in [2.24, 2.45) is 0 Å². The first kappa shape index (κ1) is 12.6. The third-order valence-corrected chi connectivity index (χ3v) is 6.76. The molecule has 7 heteroatoms. The van der Waals surface area contributed by atoms with Crippen molar-refractivity contribution in [3.05, 3.63) is 35.4 Å². The van der Waals surface area contributed by atoms with E-state index in [0.29, 0.717) is 5.02 Å². The van der Waals surface area contributed by atoms with Gasteiger partial charge in [-0.1, -0.05) is 21.9 Å². The van der Waals surface area contributed by atoms with E-state index in [4.69, 9.17) is 11.6 Å². The van der Waals surface area contributed by atoms with Gasteiger partial charge < -0.3 is 4.90 Å². The molecule has 0 bridgehead atoms. The number of hydrogen-bond donors (Lipinski definition) is 0. The smallest absolute Gasteiger partial charge is 0.263 e. The SMILES string of the molecule is CN(Cc1sccc1Br)c1ssc(=O)c1Cl. The molecular weight excluding hydrogens is 350 g/mol. The van der Waals surface area contributed by atoms with Crippen LogP contribution in [-0.2, 0) is 6.54 Å². The van der Waals surface area contributed by atoms with Crippen molar-refractivity contribution in [2.45, 2.75) is 6.54 Å². The number of thiophene rings is 1. The van der Waals surface area contributed by atoms with E-state index in [9.17, 15) is 4.79 Å². The van der Waals surface area contributed by atoms with E-state index in [1.165, 1.54) is 25.6 Å². The first-order chi connectivity index (χ1) is 7.59. The Hall–Kier alpha value is 0.120. The summed E-state index contributed by atoms with van der Waals surface area (Å²) in [6, 6.07) is 2.02. The van der Waals surface area contributed by atoms with Crippen molar-refractivity contribution in [1.82, 2.24) is 0 Å². The summed E-state index contributed by atoms with van der Waals surface area (Å²) in [5.74, 6) is 0. The zero-order valence-electron chi connectivity index (χ0n) is 8.20. The van der Waals surface area contributed by atoms with Crippen molar-refractivity contribution >= 4 is 64.5 Å². The summed E-state index contributed by atoms with van der Waals surface area (Å²) in [4.78, 5) is 14.5. The highest BCUT2D eigenvalue weighted by atomic mass is 79.9. The van der Waals surface area contributed by atoms with Crippen LogP contribution in [0, 0.1) is 0 Å². The fraction of sp³-hybridized carbons (Fsp3) is 0.222. The Balaban J connectivity index is 2.21. The lowest BCUT2D eigenvalue weighted by Crippen LogP contribution is -2.15. The maximum Gasteiger partial charge on any atom is 0.263 e. The van der Waals surface area contributed by atoms with Crippen molar-refractivity contribution < 1.29 is 0 Å². The molecule has 2 heterocycles. The zero-order valence-corrected chi connectivity index (χ0v) is 13.0. The van der Waals surface area contributed by atoms with Gasteiger partial charge in [0.25, 0.3) is 4.74 Å². The van der Waals surface area contributed by atoms with E-state index in [0.717, 1.165) is 16.0 Å². The van der Waals surface area contributed by atoms with E-state index >= 15 is 0 Å². The molecule has 2 aromatic rings. The molecule has 0 saturated carbocycles. The highest BCUT2D eigenvalue weighted by Crippen LogP contribution is 2.33. The van der Waals surface area contributed by atoms with Crippen LogP contribution in [0.5, 0.6) is 0 Å². The summed E-state index contributed by atoms with van der Waals surface area (Å²) in [5.41, 5.74) is 0. The lowest BCUT2D eigenvalue weighted by molar-refractivity contribution is 0.949. The molecule has 86 valence electrons. The second-order valence-corrected chi connectivity index (χ2v) is 7.44. The molecule has 0 fully saturated rings. The minimum Gasteiger partial charge on any atom is -0.359 e. The topological polar surface area (TPSA) is 20.3 Å². The van der Waals surface area contributed by atoms with Crippen LogP contribution < -0.4 is 9.64 Å². The monoisotopic (exact) mass is 355 g/mol. The number of halogens is 2. The van der Waals surface area contributed by atoms with Crippen LogP contribution in [0.2, 0.25) is 5.02 Å². The largest absolute Gasteiger partial charge is 0.359 e.